The molecule has 1 aliphatic heterocycles. The van der Waals surface area contributed by atoms with E-state index in [1.54, 1.807) is 25.1 Å². The number of rotatable bonds is 5. The van der Waals surface area contributed by atoms with E-state index >= 15 is 0 Å². The van der Waals surface area contributed by atoms with Crippen molar-refractivity contribution in [2.45, 2.75) is 32.9 Å². The standard InChI is InChI=1S/C17H18N2O4/c1-12-9-15(23-18-12)11-22-17(21)14-6-4-13(5-7-14)10-19-8-2-3-16(19)20/h4-7,9H,2-3,8,10-11H2,1H3. The molecule has 6 nitrogen and oxygen atoms in total. The monoisotopic (exact) mass is 314 g/mol. The number of aromatic nitrogens is 1. The highest BCUT2D eigenvalue weighted by Crippen LogP contribution is 2.15. The molecule has 0 saturated carbocycles. The summed E-state index contributed by atoms with van der Waals surface area (Å²) in [5, 5.41) is 3.74. The highest BCUT2D eigenvalue weighted by atomic mass is 16.5. The molecule has 3 rings (SSSR count). The molecule has 1 aliphatic rings. The second-order valence-corrected chi connectivity index (χ2v) is 5.63. The van der Waals surface area contributed by atoms with Crippen molar-refractivity contribution in [3.8, 4) is 0 Å². The van der Waals surface area contributed by atoms with Crippen molar-refractivity contribution in [2.75, 3.05) is 6.54 Å². The van der Waals surface area contributed by atoms with Gasteiger partial charge in [0, 0.05) is 25.6 Å². The minimum atomic E-state index is -0.414. The molecule has 0 atom stereocenters. The molecule has 1 saturated heterocycles. The lowest BCUT2D eigenvalue weighted by molar-refractivity contribution is -0.128. The zero-order chi connectivity index (χ0) is 16.2. The summed E-state index contributed by atoms with van der Waals surface area (Å²) >= 11 is 0. The minimum absolute atomic E-state index is 0.0592. The van der Waals surface area contributed by atoms with Crippen LogP contribution in [0.15, 0.2) is 34.9 Å². The van der Waals surface area contributed by atoms with Crippen molar-refractivity contribution in [3.63, 3.8) is 0 Å². The van der Waals surface area contributed by atoms with Crippen LogP contribution in [0.25, 0.3) is 0 Å². The van der Waals surface area contributed by atoms with Gasteiger partial charge in [0.1, 0.15) is 0 Å². The maximum atomic E-state index is 12.0. The third-order valence-corrected chi connectivity index (χ3v) is 3.76. The Kier molecular flexibility index (Phi) is 4.41. The summed E-state index contributed by atoms with van der Waals surface area (Å²) in [5.41, 5.74) is 2.22. The van der Waals surface area contributed by atoms with E-state index in [9.17, 15) is 9.59 Å². The number of hydrogen-bond acceptors (Lipinski definition) is 5. The summed E-state index contributed by atoms with van der Waals surface area (Å²) in [4.78, 5) is 25.4. The average molecular weight is 314 g/mol. The van der Waals surface area contributed by atoms with E-state index in [2.05, 4.69) is 5.16 Å². The van der Waals surface area contributed by atoms with Gasteiger partial charge in [-0.3, -0.25) is 4.79 Å². The number of nitrogens with zero attached hydrogens (tertiary/aromatic N) is 2. The van der Waals surface area contributed by atoms with E-state index in [1.807, 2.05) is 17.0 Å². The first-order valence-corrected chi connectivity index (χ1v) is 7.58. The van der Waals surface area contributed by atoms with Gasteiger partial charge in [-0.2, -0.15) is 0 Å². The SMILES string of the molecule is Cc1cc(COC(=O)c2ccc(CN3CCCC3=O)cc2)on1. The molecule has 120 valence electrons. The summed E-state index contributed by atoms with van der Waals surface area (Å²) in [7, 11) is 0. The number of carbonyl (C=O) groups excluding carboxylic acids is 2. The predicted molar refractivity (Wildman–Crippen MR) is 81.5 cm³/mol. The van der Waals surface area contributed by atoms with Crippen LogP contribution in [0.5, 0.6) is 0 Å². The Labute approximate surface area is 134 Å². The first-order valence-electron chi connectivity index (χ1n) is 7.58. The second kappa shape index (κ2) is 6.64. The Morgan fingerprint density at radius 1 is 1.35 bits per heavy atom. The van der Waals surface area contributed by atoms with Crippen LogP contribution in [0.3, 0.4) is 0 Å². The van der Waals surface area contributed by atoms with Crippen molar-refractivity contribution < 1.29 is 18.8 Å². The van der Waals surface area contributed by atoms with Gasteiger partial charge < -0.3 is 14.2 Å². The Balaban J connectivity index is 1.55. The number of esters is 1. The van der Waals surface area contributed by atoms with Crippen molar-refractivity contribution in [2.24, 2.45) is 0 Å². The van der Waals surface area contributed by atoms with Gasteiger partial charge in [-0.05, 0) is 31.0 Å². The zero-order valence-corrected chi connectivity index (χ0v) is 12.9. The summed E-state index contributed by atoms with van der Waals surface area (Å²) in [5.74, 6) is 0.290. The molecule has 6 heteroatoms. The lowest BCUT2D eigenvalue weighted by Gasteiger charge is -2.15. The fraction of sp³-hybridized carbons (Fsp3) is 0.353. The maximum absolute atomic E-state index is 12.0. The lowest BCUT2D eigenvalue weighted by Crippen LogP contribution is -2.23. The normalized spacial score (nSPS) is 14.3. The largest absolute Gasteiger partial charge is 0.454 e. The van der Waals surface area contributed by atoms with Crippen LogP contribution < -0.4 is 0 Å². The second-order valence-electron chi connectivity index (χ2n) is 5.63. The zero-order valence-electron chi connectivity index (χ0n) is 12.9. The highest BCUT2D eigenvalue weighted by Gasteiger charge is 2.20. The van der Waals surface area contributed by atoms with E-state index in [-0.39, 0.29) is 12.5 Å². The molecule has 0 N–H and O–H groups in total. The topological polar surface area (TPSA) is 72.6 Å². The van der Waals surface area contributed by atoms with Crippen LogP contribution in [-0.4, -0.2) is 28.5 Å². The van der Waals surface area contributed by atoms with Crippen LogP contribution in [0.1, 0.15) is 40.2 Å². The van der Waals surface area contributed by atoms with Gasteiger partial charge in [0.25, 0.3) is 0 Å². The molecule has 2 aromatic rings. The molecule has 0 unspecified atom stereocenters. The van der Waals surface area contributed by atoms with Crippen molar-refractivity contribution in [3.05, 3.63) is 52.9 Å². The van der Waals surface area contributed by atoms with Crippen LogP contribution in [0, 0.1) is 6.92 Å². The van der Waals surface area contributed by atoms with Crippen molar-refractivity contribution in [1.82, 2.24) is 10.1 Å². The molecular formula is C17H18N2O4. The molecule has 2 heterocycles. The molecule has 0 aliphatic carbocycles. The van der Waals surface area contributed by atoms with Crippen LogP contribution in [0.4, 0.5) is 0 Å². The van der Waals surface area contributed by atoms with E-state index in [1.165, 1.54) is 0 Å². The van der Waals surface area contributed by atoms with Crippen LogP contribution in [-0.2, 0) is 22.7 Å². The smallest absolute Gasteiger partial charge is 0.338 e. The van der Waals surface area contributed by atoms with E-state index in [0.29, 0.717) is 24.3 Å². The highest BCUT2D eigenvalue weighted by molar-refractivity contribution is 5.89. The van der Waals surface area contributed by atoms with Gasteiger partial charge in [0.05, 0.1) is 11.3 Å². The number of amides is 1. The first-order chi connectivity index (χ1) is 11.1. The van der Waals surface area contributed by atoms with Gasteiger partial charge in [-0.15, -0.1) is 0 Å². The molecule has 0 bridgehead atoms. The fourth-order valence-electron chi connectivity index (χ4n) is 2.54. The number of hydrogen-bond donors (Lipinski definition) is 0. The molecule has 1 fully saturated rings. The molecular weight excluding hydrogens is 296 g/mol. The number of aryl methyl sites for hydroxylation is 1. The average Bonchev–Trinajstić information content (AvgIpc) is 3.14. The third-order valence-electron chi connectivity index (χ3n) is 3.76. The summed E-state index contributed by atoms with van der Waals surface area (Å²) < 4.78 is 10.2. The molecule has 0 radical (unpaired) electrons. The van der Waals surface area contributed by atoms with Gasteiger partial charge in [0.2, 0.25) is 5.91 Å². The lowest BCUT2D eigenvalue weighted by atomic mass is 10.1. The Bertz CT molecular complexity index is 706. The van der Waals surface area contributed by atoms with Gasteiger partial charge in [-0.1, -0.05) is 17.3 Å². The first kappa shape index (κ1) is 15.3. The van der Waals surface area contributed by atoms with Crippen LogP contribution >= 0.6 is 0 Å². The molecule has 23 heavy (non-hydrogen) atoms. The third kappa shape index (κ3) is 3.77. The summed E-state index contributed by atoms with van der Waals surface area (Å²) in [6.07, 6.45) is 1.55. The van der Waals surface area contributed by atoms with Crippen molar-refractivity contribution in [1.29, 1.82) is 0 Å². The summed E-state index contributed by atoms with van der Waals surface area (Å²) in [6.45, 7) is 3.26. The van der Waals surface area contributed by atoms with Gasteiger partial charge in [-0.25, -0.2) is 4.79 Å². The molecule has 1 amide bonds. The fourth-order valence-corrected chi connectivity index (χ4v) is 2.54. The Morgan fingerprint density at radius 2 is 2.13 bits per heavy atom. The van der Waals surface area contributed by atoms with E-state index in [0.717, 1.165) is 24.2 Å². The minimum Gasteiger partial charge on any atom is -0.454 e. The van der Waals surface area contributed by atoms with E-state index in [4.69, 9.17) is 9.26 Å². The van der Waals surface area contributed by atoms with E-state index < -0.39 is 5.97 Å². The molecule has 1 aromatic heterocycles. The van der Waals surface area contributed by atoms with Gasteiger partial charge >= 0.3 is 5.97 Å². The number of carbonyl (C=O) groups is 2. The molecule has 1 aromatic carbocycles. The van der Waals surface area contributed by atoms with Crippen LogP contribution in [0.2, 0.25) is 0 Å². The Hall–Kier alpha value is -2.63. The maximum Gasteiger partial charge on any atom is 0.338 e. The van der Waals surface area contributed by atoms with Gasteiger partial charge in [0.15, 0.2) is 12.4 Å². The number of ether oxygens (including phenoxy) is 1. The van der Waals surface area contributed by atoms with Crippen molar-refractivity contribution >= 4 is 11.9 Å². The predicted octanol–water partition coefficient (Wildman–Crippen LogP) is 2.46. The summed E-state index contributed by atoms with van der Waals surface area (Å²) in [6, 6.07) is 8.85. The Morgan fingerprint density at radius 3 is 2.74 bits per heavy atom. The molecule has 0 spiro atoms. The number of likely N-dealkylation sites (tertiary alicyclic amines) is 1. The number of benzene rings is 1. The quantitative estimate of drug-likeness (QED) is 0.793.